The molecule has 6 nitrogen and oxygen atoms in total. The van der Waals surface area contributed by atoms with Crippen molar-refractivity contribution in [2.75, 3.05) is 26.4 Å². The van der Waals surface area contributed by atoms with E-state index in [1.54, 1.807) is 4.90 Å². The monoisotopic (exact) mass is 430 g/mol. The molecule has 0 radical (unpaired) electrons. The molecule has 2 atom stereocenters. The average molecular weight is 431 g/mol. The molecule has 0 saturated carbocycles. The number of aromatic amines is 1. The summed E-state index contributed by atoms with van der Waals surface area (Å²) < 4.78 is 5.49. The Hall–Kier alpha value is -2.15. The van der Waals surface area contributed by atoms with Crippen LogP contribution in [0.5, 0.6) is 0 Å². The number of carbonyl (C=O) groups is 1. The van der Waals surface area contributed by atoms with Crippen molar-refractivity contribution in [2.45, 2.75) is 39.2 Å². The second kappa shape index (κ2) is 8.53. The summed E-state index contributed by atoms with van der Waals surface area (Å²) in [6.45, 7) is 5.75. The summed E-state index contributed by atoms with van der Waals surface area (Å²) in [6, 6.07) is 5.81. The molecule has 1 amide bonds. The van der Waals surface area contributed by atoms with Crippen LogP contribution < -0.4 is 5.56 Å². The van der Waals surface area contributed by atoms with E-state index in [0.29, 0.717) is 42.3 Å². The number of H-pyrrole nitrogens is 1. The first-order chi connectivity index (χ1) is 14.4. The number of carbonyl (C=O) groups excluding carboxylic acids is 1. The zero-order chi connectivity index (χ0) is 21.4. The summed E-state index contributed by atoms with van der Waals surface area (Å²) in [5.74, 6) is -0.133. The van der Waals surface area contributed by atoms with Gasteiger partial charge in [0.25, 0.3) is 11.5 Å². The molecule has 0 unspecified atom stereocenters. The smallest absolute Gasteiger partial charge is 0.255 e. The molecule has 1 aromatic heterocycles. The molecule has 1 fully saturated rings. The van der Waals surface area contributed by atoms with Gasteiger partial charge in [0.1, 0.15) is 0 Å². The second-order valence-corrected chi connectivity index (χ2v) is 8.71. The highest BCUT2D eigenvalue weighted by Crippen LogP contribution is 2.38. The van der Waals surface area contributed by atoms with Crippen LogP contribution in [0.25, 0.3) is 0 Å². The molecule has 7 heteroatoms. The summed E-state index contributed by atoms with van der Waals surface area (Å²) in [5.41, 5.74) is 4.32. The molecule has 3 heterocycles. The van der Waals surface area contributed by atoms with Gasteiger partial charge in [-0.1, -0.05) is 23.7 Å². The highest BCUT2D eigenvalue weighted by Gasteiger charge is 2.33. The lowest BCUT2D eigenvalue weighted by molar-refractivity contribution is 0.0726. The SMILES string of the molecule is Cc1cc(C)c(CN2CCc3ccc([C@H](CO)[C@H]4CCOC4)c(Cl)c3C2=O)c(=O)[nH]1. The molecule has 2 aromatic rings. The van der Waals surface area contributed by atoms with Crippen LogP contribution in [0, 0.1) is 19.8 Å². The Morgan fingerprint density at radius 3 is 2.80 bits per heavy atom. The molecule has 30 heavy (non-hydrogen) atoms. The van der Waals surface area contributed by atoms with Crippen LogP contribution in [-0.2, 0) is 17.7 Å². The summed E-state index contributed by atoms with van der Waals surface area (Å²) in [7, 11) is 0. The van der Waals surface area contributed by atoms with Crippen molar-refractivity contribution in [1.82, 2.24) is 9.88 Å². The minimum absolute atomic E-state index is 0.0393. The van der Waals surface area contributed by atoms with E-state index in [2.05, 4.69) is 4.98 Å². The number of hydrogen-bond acceptors (Lipinski definition) is 4. The number of halogens is 1. The lowest BCUT2D eigenvalue weighted by Crippen LogP contribution is -2.39. The highest BCUT2D eigenvalue weighted by molar-refractivity contribution is 6.35. The Balaban J connectivity index is 1.66. The number of fused-ring (bicyclic) bond motifs is 1. The number of aryl methyl sites for hydroxylation is 2. The number of aliphatic hydroxyl groups is 1. The van der Waals surface area contributed by atoms with Crippen LogP contribution in [0.2, 0.25) is 5.02 Å². The average Bonchev–Trinajstić information content (AvgIpc) is 3.22. The van der Waals surface area contributed by atoms with E-state index < -0.39 is 0 Å². The molecule has 1 aromatic carbocycles. The van der Waals surface area contributed by atoms with Crippen LogP contribution in [-0.4, -0.2) is 47.3 Å². The first-order valence-corrected chi connectivity index (χ1v) is 10.8. The van der Waals surface area contributed by atoms with E-state index in [0.717, 1.165) is 28.8 Å². The number of ether oxygens (including phenoxy) is 1. The molecule has 0 spiro atoms. The maximum atomic E-state index is 13.4. The van der Waals surface area contributed by atoms with Gasteiger partial charge in [0.15, 0.2) is 0 Å². The maximum Gasteiger partial charge on any atom is 0.255 e. The van der Waals surface area contributed by atoms with E-state index in [1.165, 1.54) is 0 Å². The molecule has 2 N–H and O–H groups in total. The largest absolute Gasteiger partial charge is 0.396 e. The lowest BCUT2D eigenvalue weighted by atomic mass is 9.83. The first-order valence-electron chi connectivity index (χ1n) is 10.4. The minimum atomic E-state index is -0.165. The van der Waals surface area contributed by atoms with Gasteiger partial charge in [-0.15, -0.1) is 0 Å². The van der Waals surface area contributed by atoms with Crippen LogP contribution >= 0.6 is 11.6 Å². The fourth-order valence-electron chi connectivity index (χ4n) is 4.66. The number of hydrogen-bond donors (Lipinski definition) is 2. The van der Waals surface area contributed by atoms with Crippen molar-refractivity contribution in [3.05, 3.63) is 67.1 Å². The van der Waals surface area contributed by atoms with Gasteiger partial charge in [-0.3, -0.25) is 9.59 Å². The molecule has 1 saturated heterocycles. The van der Waals surface area contributed by atoms with Gasteiger partial charge in [-0.05, 0) is 55.4 Å². The molecule has 160 valence electrons. The Morgan fingerprint density at radius 2 is 2.13 bits per heavy atom. The molecule has 2 aliphatic heterocycles. The zero-order valence-electron chi connectivity index (χ0n) is 17.3. The van der Waals surface area contributed by atoms with Gasteiger partial charge in [0.2, 0.25) is 0 Å². The van der Waals surface area contributed by atoms with E-state index in [9.17, 15) is 14.7 Å². The van der Waals surface area contributed by atoms with Crippen molar-refractivity contribution in [1.29, 1.82) is 0 Å². The topological polar surface area (TPSA) is 82.6 Å². The zero-order valence-corrected chi connectivity index (χ0v) is 18.1. The molecular weight excluding hydrogens is 404 g/mol. The Bertz CT molecular complexity index is 1030. The van der Waals surface area contributed by atoms with Gasteiger partial charge in [0, 0.05) is 30.3 Å². The van der Waals surface area contributed by atoms with E-state index in [4.69, 9.17) is 16.3 Å². The number of aromatic nitrogens is 1. The lowest BCUT2D eigenvalue weighted by Gasteiger charge is -2.31. The number of rotatable bonds is 5. The maximum absolute atomic E-state index is 13.4. The molecule has 2 aliphatic rings. The summed E-state index contributed by atoms with van der Waals surface area (Å²) in [6.07, 6.45) is 1.55. The van der Waals surface area contributed by atoms with Crippen molar-refractivity contribution in [2.24, 2.45) is 5.92 Å². The van der Waals surface area contributed by atoms with Crippen molar-refractivity contribution < 1.29 is 14.6 Å². The van der Waals surface area contributed by atoms with Crippen LogP contribution in [0.3, 0.4) is 0 Å². The summed E-state index contributed by atoms with van der Waals surface area (Å²) >= 11 is 6.76. The number of aliphatic hydroxyl groups excluding tert-OH is 1. The van der Waals surface area contributed by atoms with Crippen molar-refractivity contribution >= 4 is 17.5 Å². The number of benzene rings is 1. The highest BCUT2D eigenvalue weighted by atomic mass is 35.5. The third-order valence-corrected chi connectivity index (χ3v) is 6.79. The number of nitrogens with one attached hydrogen (secondary N) is 1. The predicted octanol–water partition coefficient (Wildman–Crippen LogP) is 2.96. The standard InChI is InChI=1S/C23H27ClN2O4/c1-13-9-14(2)25-22(28)18(13)10-26-7-5-15-3-4-17(21(24)20(15)23(26)29)19(11-27)16-6-8-30-12-16/h3-4,9,16,19,27H,5-8,10-12H2,1-2H3,(H,25,28)/t16-,19+/m0/s1. The van der Waals surface area contributed by atoms with Crippen molar-refractivity contribution in [3.8, 4) is 0 Å². The Morgan fingerprint density at radius 1 is 1.33 bits per heavy atom. The van der Waals surface area contributed by atoms with E-state index in [1.807, 2.05) is 32.0 Å². The van der Waals surface area contributed by atoms with Gasteiger partial charge >= 0.3 is 0 Å². The van der Waals surface area contributed by atoms with Crippen molar-refractivity contribution in [3.63, 3.8) is 0 Å². The van der Waals surface area contributed by atoms with Gasteiger partial charge < -0.3 is 19.7 Å². The summed E-state index contributed by atoms with van der Waals surface area (Å²) in [5, 5.41) is 10.4. The molecule has 4 rings (SSSR count). The number of amides is 1. The number of nitrogens with zero attached hydrogens (tertiary/aromatic N) is 1. The fourth-order valence-corrected chi connectivity index (χ4v) is 5.07. The summed E-state index contributed by atoms with van der Waals surface area (Å²) in [4.78, 5) is 30.3. The first kappa shape index (κ1) is 21.1. The molecular formula is C23H27ClN2O4. The van der Waals surface area contributed by atoms with Gasteiger partial charge in [0.05, 0.1) is 30.3 Å². The molecule has 0 aliphatic carbocycles. The van der Waals surface area contributed by atoms with E-state index in [-0.39, 0.29) is 36.5 Å². The fraction of sp³-hybridized carbons (Fsp3) is 0.478. The van der Waals surface area contributed by atoms with Crippen LogP contribution in [0.1, 0.15) is 50.6 Å². The Kier molecular flexibility index (Phi) is 6.00. The molecule has 0 bridgehead atoms. The second-order valence-electron chi connectivity index (χ2n) is 8.34. The quantitative estimate of drug-likeness (QED) is 0.764. The van der Waals surface area contributed by atoms with Crippen LogP contribution in [0.15, 0.2) is 23.0 Å². The van der Waals surface area contributed by atoms with Crippen LogP contribution in [0.4, 0.5) is 0 Å². The van der Waals surface area contributed by atoms with Gasteiger partial charge in [-0.25, -0.2) is 0 Å². The predicted molar refractivity (Wildman–Crippen MR) is 115 cm³/mol. The third-order valence-electron chi connectivity index (χ3n) is 6.38. The van der Waals surface area contributed by atoms with Gasteiger partial charge in [-0.2, -0.15) is 0 Å². The number of pyridine rings is 1. The normalized spacial score (nSPS) is 19.8. The van der Waals surface area contributed by atoms with E-state index >= 15 is 0 Å². The Labute approximate surface area is 180 Å². The minimum Gasteiger partial charge on any atom is -0.396 e. The third kappa shape index (κ3) is 3.80.